The first-order chi connectivity index (χ1) is 11.2. The first kappa shape index (κ1) is 14.9. The molecule has 3 aromatic rings. The van der Waals surface area contributed by atoms with Crippen molar-refractivity contribution in [3.8, 4) is 0 Å². The van der Waals surface area contributed by atoms with Gasteiger partial charge in [0.05, 0.1) is 17.3 Å². The van der Waals surface area contributed by atoms with Crippen molar-refractivity contribution in [2.45, 2.75) is 13.0 Å². The SMILES string of the molecule is C=Cc1cc2cc([C@@H](C)NC(=O)c3cccnc3)ccc2cn1. The summed E-state index contributed by atoms with van der Waals surface area (Å²) >= 11 is 0. The largest absolute Gasteiger partial charge is 0.345 e. The van der Waals surface area contributed by atoms with Gasteiger partial charge < -0.3 is 5.32 Å². The standard InChI is InChI=1S/C19H17N3O/c1-3-18-10-17-9-14(6-7-15(17)12-21-18)13(2)22-19(23)16-5-4-8-20-11-16/h3-13H,1H2,2H3,(H,22,23)/t13-/m1/s1. The van der Waals surface area contributed by atoms with Crippen LogP contribution in [0.1, 0.15) is 34.6 Å². The highest BCUT2D eigenvalue weighted by molar-refractivity contribution is 5.94. The van der Waals surface area contributed by atoms with Gasteiger partial charge in [-0.1, -0.05) is 18.7 Å². The van der Waals surface area contributed by atoms with Gasteiger partial charge in [-0.2, -0.15) is 0 Å². The summed E-state index contributed by atoms with van der Waals surface area (Å²) in [5, 5.41) is 5.13. The van der Waals surface area contributed by atoms with Crippen LogP contribution < -0.4 is 5.32 Å². The Morgan fingerprint density at radius 2 is 2.09 bits per heavy atom. The molecular weight excluding hydrogens is 286 g/mol. The van der Waals surface area contributed by atoms with Crippen molar-refractivity contribution in [1.82, 2.24) is 15.3 Å². The smallest absolute Gasteiger partial charge is 0.253 e. The van der Waals surface area contributed by atoms with Crippen LogP contribution in [0.4, 0.5) is 0 Å². The number of aromatic nitrogens is 2. The predicted molar refractivity (Wildman–Crippen MR) is 92.0 cm³/mol. The highest BCUT2D eigenvalue weighted by Crippen LogP contribution is 2.21. The minimum Gasteiger partial charge on any atom is -0.345 e. The number of rotatable bonds is 4. The fourth-order valence-electron chi connectivity index (χ4n) is 2.42. The van der Waals surface area contributed by atoms with E-state index in [1.165, 1.54) is 0 Å². The van der Waals surface area contributed by atoms with Crippen LogP contribution in [0.25, 0.3) is 16.8 Å². The molecule has 0 radical (unpaired) electrons. The Labute approximate surface area is 134 Å². The Bertz CT molecular complexity index is 859. The molecule has 2 heterocycles. The number of pyridine rings is 2. The van der Waals surface area contributed by atoms with Gasteiger partial charge in [0.15, 0.2) is 0 Å². The van der Waals surface area contributed by atoms with E-state index in [-0.39, 0.29) is 11.9 Å². The number of hydrogen-bond donors (Lipinski definition) is 1. The molecule has 114 valence electrons. The number of benzene rings is 1. The first-order valence-corrected chi connectivity index (χ1v) is 7.40. The third kappa shape index (κ3) is 3.26. The number of nitrogens with zero attached hydrogens (tertiary/aromatic N) is 2. The molecule has 0 saturated carbocycles. The van der Waals surface area contributed by atoms with Gasteiger partial charge >= 0.3 is 0 Å². The second-order valence-electron chi connectivity index (χ2n) is 5.36. The molecule has 1 amide bonds. The molecule has 1 aromatic carbocycles. The molecular formula is C19H17N3O. The number of amides is 1. The average molecular weight is 303 g/mol. The quantitative estimate of drug-likeness (QED) is 0.798. The highest BCUT2D eigenvalue weighted by Gasteiger charge is 2.12. The van der Waals surface area contributed by atoms with Gasteiger partial charge in [0, 0.05) is 24.0 Å². The lowest BCUT2D eigenvalue weighted by molar-refractivity contribution is 0.0939. The molecule has 1 N–H and O–H groups in total. The van der Waals surface area contributed by atoms with Gasteiger partial charge in [-0.3, -0.25) is 14.8 Å². The van der Waals surface area contributed by atoms with Crippen molar-refractivity contribution in [3.05, 3.63) is 78.4 Å². The molecule has 0 unspecified atom stereocenters. The lowest BCUT2D eigenvalue weighted by atomic mass is 10.0. The minimum atomic E-state index is -0.132. The van der Waals surface area contributed by atoms with E-state index >= 15 is 0 Å². The van der Waals surface area contributed by atoms with Gasteiger partial charge in [0.2, 0.25) is 0 Å². The molecule has 0 saturated heterocycles. The van der Waals surface area contributed by atoms with E-state index in [0.29, 0.717) is 5.56 Å². The normalized spacial score (nSPS) is 11.9. The zero-order valence-corrected chi connectivity index (χ0v) is 12.9. The molecule has 1 atom stereocenters. The summed E-state index contributed by atoms with van der Waals surface area (Å²) in [7, 11) is 0. The number of carbonyl (C=O) groups is 1. The van der Waals surface area contributed by atoms with Crippen molar-refractivity contribution in [2.24, 2.45) is 0 Å². The van der Waals surface area contributed by atoms with Gasteiger partial charge in [0.25, 0.3) is 5.91 Å². The summed E-state index contributed by atoms with van der Waals surface area (Å²) in [6.07, 6.45) is 6.76. The van der Waals surface area contributed by atoms with Crippen LogP contribution in [-0.4, -0.2) is 15.9 Å². The molecule has 23 heavy (non-hydrogen) atoms. The van der Waals surface area contributed by atoms with Crippen LogP contribution in [0.3, 0.4) is 0 Å². The zero-order valence-electron chi connectivity index (χ0n) is 12.9. The topological polar surface area (TPSA) is 54.9 Å². The molecule has 4 heteroatoms. The molecule has 0 fully saturated rings. The third-order valence-electron chi connectivity index (χ3n) is 3.75. The summed E-state index contributed by atoms with van der Waals surface area (Å²) in [4.78, 5) is 20.5. The number of fused-ring (bicyclic) bond motifs is 1. The van der Waals surface area contributed by atoms with E-state index in [1.54, 1.807) is 30.6 Å². The molecule has 0 bridgehead atoms. The van der Waals surface area contributed by atoms with Crippen LogP contribution in [0.2, 0.25) is 0 Å². The van der Waals surface area contributed by atoms with Crippen LogP contribution >= 0.6 is 0 Å². The summed E-state index contributed by atoms with van der Waals surface area (Å²) in [5.74, 6) is -0.132. The number of nitrogens with one attached hydrogen (secondary N) is 1. The van der Waals surface area contributed by atoms with Gasteiger partial charge in [-0.15, -0.1) is 0 Å². The maximum absolute atomic E-state index is 12.2. The zero-order chi connectivity index (χ0) is 16.2. The van der Waals surface area contributed by atoms with Gasteiger partial charge in [0.1, 0.15) is 0 Å². The average Bonchev–Trinajstić information content (AvgIpc) is 2.61. The second kappa shape index (κ2) is 6.40. The van der Waals surface area contributed by atoms with Crippen molar-refractivity contribution in [3.63, 3.8) is 0 Å². The lowest BCUT2D eigenvalue weighted by Crippen LogP contribution is -2.26. The lowest BCUT2D eigenvalue weighted by Gasteiger charge is -2.15. The molecule has 2 aromatic heterocycles. The molecule has 0 aliphatic carbocycles. The fourth-order valence-corrected chi connectivity index (χ4v) is 2.42. The first-order valence-electron chi connectivity index (χ1n) is 7.40. The van der Waals surface area contributed by atoms with Crippen molar-refractivity contribution in [1.29, 1.82) is 0 Å². The second-order valence-corrected chi connectivity index (χ2v) is 5.36. The number of carbonyl (C=O) groups excluding carboxylic acids is 1. The van der Waals surface area contributed by atoms with Gasteiger partial charge in [-0.25, -0.2) is 0 Å². The Kier molecular flexibility index (Phi) is 4.15. The minimum absolute atomic E-state index is 0.104. The maximum atomic E-state index is 12.2. The molecule has 4 nitrogen and oxygen atoms in total. The van der Waals surface area contributed by atoms with E-state index in [9.17, 15) is 4.79 Å². The Balaban J connectivity index is 1.84. The van der Waals surface area contributed by atoms with E-state index in [4.69, 9.17) is 0 Å². The van der Waals surface area contributed by atoms with Crippen molar-refractivity contribution < 1.29 is 4.79 Å². The summed E-state index contributed by atoms with van der Waals surface area (Å²) in [5.41, 5.74) is 2.43. The molecule has 3 rings (SSSR count). The van der Waals surface area contributed by atoms with Crippen LogP contribution in [0, 0.1) is 0 Å². The highest BCUT2D eigenvalue weighted by atomic mass is 16.1. The monoisotopic (exact) mass is 303 g/mol. The van der Waals surface area contributed by atoms with E-state index < -0.39 is 0 Å². The third-order valence-corrected chi connectivity index (χ3v) is 3.75. The summed E-state index contributed by atoms with van der Waals surface area (Å²) < 4.78 is 0. The molecule has 0 aliphatic heterocycles. The fraction of sp³-hybridized carbons (Fsp3) is 0.105. The van der Waals surface area contributed by atoms with E-state index in [2.05, 4.69) is 27.9 Å². The molecule has 0 aliphatic rings. The van der Waals surface area contributed by atoms with Crippen molar-refractivity contribution >= 4 is 22.8 Å². The summed E-state index contributed by atoms with van der Waals surface area (Å²) in [6, 6.07) is 11.5. The molecule has 0 spiro atoms. The van der Waals surface area contributed by atoms with Crippen molar-refractivity contribution in [2.75, 3.05) is 0 Å². The Morgan fingerprint density at radius 1 is 1.22 bits per heavy atom. The maximum Gasteiger partial charge on any atom is 0.253 e. The van der Waals surface area contributed by atoms with Crippen LogP contribution in [0.5, 0.6) is 0 Å². The van der Waals surface area contributed by atoms with Crippen LogP contribution in [0.15, 0.2) is 61.6 Å². The number of hydrogen-bond acceptors (Lipinski definition) is 3. The Morgan fingerprint density at radius 3 is 2.83 bits per heavy atom. The predicted octanol–water partition coefficient (Wildman–Crippen LogP) is 3.76. The Hall–Kier alpha value is -3.01. The van der Waals surface area contributed by atoms with E-state index in [1.807, 2.05) is 31.3 Å². The van der Waals surface area contributed by atoms with E-state index in [0.717, 1.165) is 22.0 Å². The summed E-state index contributed by atoms with van der Waals surface area (Å²) in [6.45, 7) is 5.71. The van der Waals surface area contributed by atoms with Gasteiger partial charge in [-0.05, 0) is 48.2 Å². The van der Waals surface area contributed by atoms with Crippen LogP contribution in [-0.2, 0) is 0 Å².